The van der Waals surface area contributed by atoms with Crippen LogP contribution in [-0.4, -0.2) is 0 Å². The van der Waals surface area contributed by atoms with Crippen molar-refractivity contribution in [2.24, 2.45) is 0 Å². The Morgan fingerprint density at radius 2 is 1.27 bits per heavy atom. The van der Waals surface area contributed by atoms with Crippen LogP contribution in [0.3, 0.4) is 0 Å². The van der Waals surface area contributed by atoms with Crippen molar-refractivity contribution in [2.75, 3.05) is 0 Å². The zero-order chi connectivity index (χ0) is 23.4. The third-order valence-corrected chi connectivity index (χ3v) is 5.61. The first-order valence-corrected chi connectivity index (χ1v) is 10.9. The maximum atomic E-state index is 14.7. The first kappa shape index (κ1) is 22.6. The molecule has 0 saturated carbocycles. The van der Waals surface area contributed by atoms with Gasteiger partial charge in [-0.15, -0.1) is 0 Å². The molecule has 4 aromatic carbocycles. The van der Waals surface area contributed by atoms with Crippen molar-refractivity contribution in [1.82, 2.24) is 0 Å². The first-order chi connectivity index (χ1) is 15.9. The molecule has 0 aromatic heterocycles. The summed E-state index contributed by atoms with van der Waals surface area (Å²) in [4.78, 5) is 0. The number of aryl methyl sites for hydroxylation is 1. The molecule has 4 heteroatoms. The third kappa shape index (κ3) is 5.26. The molecule has 0 radical (unpaired) electrons. The molecule has 0 aliphatic rings. The Labute approximate surface area is 190 Å². The summed E-state index contributed by atoms with van der Waals surface area (Å²) in [7, 11) is 0. The van der Waals surface area contributed by atoms with Crippen LogP contribution in [0.5, 0.6) is 0 Å². The van der Waals surface area contributed by atoms with Crippen molar-refractivity contribution < 1.29 is 17.6 Å². The molecule has 33 heavy (non-hydrogen) atoms. The summed E-state index contributed by atoms with van der Waals surface area (Å²) in [6.45, 7) is 2.16. The van der Waals surface area contributed by atoms with Crippen LogP contribution in [-0.2, 0) is 6.42 Å². The fourth-order valence-electron chi connectivity index (χ4n) is 3.76. The van der Waals surface area contributed by atoms with E-state index in [0.717, 1.165) is 37.0 Å². The van der Waals surface area contributed by atoms with Crippen molar-refractivity contribution >= 4 is 10.8 Å². The van der Waals surface area contributed by atoms with Crippen molar-refractivity contribution in [3.05, 3.63) is 107 Å². The second-order valence-electron chi connectivity index (χ2n) is 8.05. The van der Waals surface area contributed by atoms with Gasteiger partial charge in [0.2, 0.25) is 0 Å². The smallest absolute Gasteiger partial charge is 0.159 e. The molecule has 0 aliphatic carbocycles. The average Bonchev–Trinajstić information content (AvgIpc) is 2.80. The SMILES string of the molecule is CCCCCc1ccc(-c2cc(F)c(C#Cc3ccc4cc(F)c(F)cc4c3)c(F)c2)cc1. The van der Waals surface area contributed by atoms with Gasteiger partial charge < -0.3 is 0 Å². The molecule has 0 unspecified atom stereocenters. The summed E-state index contributed by atoms with van der Waals surface area (Å²) in [5.74, 6) is 1.85. The number of fused-ring (bicyclic) bond motifs is 1. The van der Waals surface area contributed by atoms with Gasteiger partial charge in [-0.25, -0.2) is 17.6 Å². The number of hydrogen-bond acceptors (Lipinski definition) is 0. The molecule has 4 rings (SSSR count). The Kier molecular flexibility index (Phi) is 6.79. The van der Waals surface area contributed by atoms with Gasteiger partial charge in [0.1, 0.15) is 11.6 Å². The van der Waals surface area contributed by atoms with Crippen LogP contribution in [0.4, 0.5) is 17.6 Å². The van der Waals surface area contributed by atoms with Crippen molar-refractivity contribution in [1.29, 1.82) is 0 Å². The van der Waals surface area contributed by atoms with Gasteiger partial charge in [-0.3, -0.25) is 0 Å². The maximum Gasteiger partial charge on any atom is 0.159 e. The van der Waals surface area contributed by atoms with Crippen LogP contribution in [0.25, 0.3) is 21.9 Å². The Morgan fingerprint density at radius 3 is 1.94 bits per heavy atom. The molecule has 0 saturated heterocycles. The highest BCUT2D eigenvalue weighted by molar-refractivity contribution is 5.84. The van der Waals surface area contributed by atoms with Gasteiger partial charge in [-0.2, -0.15) is 0 Å². The minimum Gasteiger partial charge on any atom is -0.205 e. The Morgan fingerprint density at radius 1 is 0.606 bits per heavy atom. The minimum atomic E-state index is -0.964. The van der Waals surface area contributed by atoms with E-state index >= 15 is 0 Å². The van der Waals surface area contributed by atoms with Gasteiger partial charge in [-0.05, 0) is 76.7 Å². The monoisotopic (exact) mass is 446 g/mol. The predicted molar refractivity (Wildman–Crippen MR) is 125 cm³/mol. The number of benzene rings is 4. The van der Waals surface area contributed by atoms with Crippen LogP contribution in [0.15, 0.2) is 66.7 Å². The number of rotatable bonds is 5. The highest BCUT2D eigenvalue weighted by Gasteiger charge is 2.11. The highest BCUT2D eigenvalue weighted by Crippen LogP contribution is 2.25. The lowest BCUT2D eigenvalue weighted by Crippen LogP contribution is -1.93. The molecule has 4 aromatic rings. The van der Waals surface area contributed by atoms with Gasteiger partial charge in [0.15, 0.2) is 11.6 Å². The zero-order valence-corrected chi connectivity index (χ0v) is 18.2. The van der Waals surface area contributed by atoms with Crippen molar-refractivity contribution in [2.45, 2.75) is 32.6 Å². The predicted octanol–water partition coefficient (Wildman–Crippen LogP) is 8.20. The average molecular weight is 446 g/mol. The van der Waals surface area contributed by atoms with Gasteiger partial charge in [0.25, 0.3) is 0 Å². The van der Waals surface area contributed by atoms with Crippen LogP contribution >= 0.6 is 0 Å². The third-order valence-electron chi connectivity index (χ3n) is 5.61. The molecule has 0 heterocycles. The van der Waals surface area contributed by atoms with Gasteiger partial charge >= 0.3 is 0 Å². The summed E-state index contributed by atoms with van der Waals surface area (Å²) in [5.41, 5.74) is 2.48. The second kappa shape index (κ2) is 9.92. The summed E-state index contributed by atoms with van der Waals surface area (Å²) in [6, 6.07) is 17.2. The van der Waals surface area contributed by atoms with Crippen LogP contribution in [0.1, 0.15) is 42.9 Å². The van der Waals surface area contributed by atoms with E-state index in [1.165, 1.54) is 24.1 Å². The summed E-state index contributed by atoms with van der Waals surface area (Å²) < 4.78 is 56.3. The molecule has 166 valence electrons. The Balaban J connectivity index is 1.58. The normalized spacial score (nSPS) is 10.8. The van der Waals surface area contributed by atoms with E-state index in [1.54, 1.807) is 18.2 Å². The molecule has 0 atom stereocenters. The topological polar surface area (TPSA) is 0 Å². The van der Waals surface area contributed by atoms with Crippen LogP contribution < -0.4 is 0 Å². The number of hydrogen-bond donors (Lipinski definition) is 0. The summed E-state index contributed by atoms with van der Waals surface area (Å²) in [5, 5.41) is 0.965. The van der Waals surface area contributed by atoms with Gasteiger partial charge in [-0.1, -0.05) is 61.9 Å². The molecular formula is C29H22F4. The van der Waals surface area contributed by atoms with Crippen LogP contribution in [0, 0.1) is 35.1 Å². The quantitative estimate of drug-likeness (QED) is 0.165. The minimum absolute atomic E-state index is 0.333. The lowest BCUT2D eigenvalue weighted by molar-refractivity contribution is 0.511. The van der Waals surface area contributed by atoms with E-state index < -0.39 is 23.3 Å². The highest BCUT2D eigenvalue weighted by atomic mass is 19.2. The fourth-order valence-corrected chi connectivity index (χ4v) is 3.76. The van der Waals surface area contributed by atoms with Gasteiger partial charge in [0.05, 0.1) is 5.56 Å². The lowest BCUT2D eigenvalue weighted by atomic mass is 9.99. The maximum absolute atomic E-state index is 14.7. The lowest BCUT2D eigenvalue weighted by Gasteiger charge is -2.07. The Bertz CT molecular complexity index is 1340. The summed E-state index contributed by atoms with van der Waals surface area (Å²) >= 11 is 0. The fraction of sp³-hybridized carbons (Fsp3) is 0.172. The number of unbranched alkanes of at least 4 members (excludes halogenated alkanes) is 2. The van der Waals surface area contributed by atoms with E-state index in [0.29, 0.717) is 21.9 Å². The molecule has 0 bridgehead atoms. The zero-order valence-electron chi connectivity index (χ0n) is 18.2. The number of halogens is 4. The van der Waals surface area contributed by atoms with E-state index in [9.17, 15) is 17.6 Å². The molecular weight excluding hydrogens is 424 g/mol. The first-order valence-electron chi connectivity index (χ1n) is 10.9. The standard InChI is InChI=1S/C29H22F4/c1-2-3-4-5-19-6-10-21(11-7-19)24-16-26(30)25(27(31)17-24)13-9-20-8-12-22-15-28(32)29(33)18-23(22)14-20/h6-8,10-12,14-18H,2-5H2,1H3. The van der Waals surface area contributed by atoms with E-state index in [4.69, 9.17) is 0 Å². The molecule has 0 fully saturated rings. The molecule has 0 N–H and O–H groups in total. The van der Waals surface area contributed by atoms with Crippen molar-refractivity contribution in [3.63, 3.8) is 0 Å². The molecule has 0 nitrogen and oxygen atoms in total. The molecule has 0 spiro atoms. The molecule has 0 amide bonds. The van der Waals surface area contributed by atoms with Crippen LogP contribution in [0.2, 0.25) is 0 Å². The van der Waals surface area contributed by atoms with E-state index in [-0.39, 0.29) is 5.56 Å². The van der Waals surface area contributed by atoms with Crippen molar-refractivity contribution in [3.8, 4) is 23.0 Å². The second-order valence-corrected chi connectivity index (χ2v) is 8.05. The van der Waals surface area contributed by atoms with E-state index in [2.05, 4.69) is 18.8 Å². The Hall–Kier alpha value is -3.58. The molecule has 0 aliphatic heterocycles. The van der Waals surface area contributed by atoms with Gasteiger partial charge in [0, 0.05) is 5.56 Å². The van der Waals surface area contributed by atoms with E-state index in [1.807, 2.05) is 24.3 Å². The largest absolute Gasteiger partial charge is 0.205 e. The summed E-state index contributed by atoms with van der Waals surface area (Å²) in [6.07, 6.45) is 4.44.